The number of aromatic nitrogens is 4. The molecule has 0 radical (unpaired) electrons. The van der Waals surface area contributed by atoms with Crippen molar-refractivity contribution in [1.29, 1.82) is 0 Å². The van der Waals surface area contributed by atoms with Crippen LogP contribution in [0.3, 0.4) is 0 Å². The van der Waals surface area contributed by atoms with E-state index in [-0.39, 0.29) is 29.2 Å². The van der Waals surface area contributed by atoms with Crippen LogP contribution in [0, 0.1) is 17.0 Å². The van der Waals surface area contributed by atoms with Gasteiger partial charge in [0.05, 0.1) is 28.7 Å². The summed E-state index contributed by atoms with van der Waals surface area (Å²) in [5, 5.41) is 19.7. The van der Waals surface area contributed by atoms with Gasteiger partial charge in [0.25, 0.3) is 11.5 Å². The number of hydrogen-bond acceptors (Lipinski definition) is 6. The van der Waals surface area contributed by atoms with E-state index in [0.29, 0.717) is 17.1 Å². The fraction of sp³-hybridized carbons (Fsp3) is 0.130. The lowest BCUT2D eigenvalue weighted by Crippen LogP contribution is -2.23. The molecule has 0 atom stereocenters. The third-order valence-electron chi connectivity index (χ3n) is 5.32. The molecule has 0 unspecified atom stereocenters. The van der Waals surface area contributed by atoms with Gasteiger partial charge in [-0.1, -0.05) is 24.3 Å². The van der Waals surface area contributed by atoms with Gasteiger partial charge < -0.3 is 20.7 Å². The topological polar surface area (TPSA) is 146 Å². The van der Waals surface area contributed by atoms with E-state index < -0.39 is 16.7 Å². The molecule has 2 amide bonds. The predicted octanol–water partition coefficient (Wildman–Crippen LogP) is 2.48. The molecule has 0 spiro atoms. The number of anilines is 2. The van der Waals surface area contributed by atoms with Gasteiger partial charge in [-0.2, -0.15) is 4.68 Å². The molecule has 2 aromatic heterocycles. The zero-order valence-electron chi connectivity index (χ0n) is 18.8. The largest absolute Gasteiger partial charge is 0.389 e. The molecule has 12 heteroatoms. The summed E-state index contributed by atoms with van der Waals surface area (Å²) in [4.78, 5) is 48.3. The van der Waals surface area contributed by atoms with Crippen LogP contribution in [-0.4, -0.2) is 35.9 Å². The van der Waals surface area contributed by atoms with E-state index in [2.05, 4.69) is 15.7 Å². The van der Waals surface area contributed by atoms with Crippen LogP contribution in [0.1, 0.15) is 16.1 Å². The standard InChI is InChI=1S/C23H21N7O5/c1-15-21(23(33)29(27(15)2)18-9-4-3-5-10-18)25-22(32)16-7-6-8-17(13-16)24-20(31)14-28-12-11-19(26-28)30(34)35/h3-13H,14H2,1-2H3,(H,24,31)(H,25,32). The Morgan fingerprint density at radius 2 is 1.80 bits per heavy atom. The summed E-state index contributed by atoms with van der Waals surface area (Å²) < 4.78 is 4.25. The fourth-order valence-corrected chi connectivity index (χ4v) is 3.52. The predicted molar refractivity (Wildman–Crippen MR) is 128 cm³/mol. The number of amides is 2. The quantitative estimate of drug-likeness (QED) is 0.310. The maximum absolute atomic E-state index is 13.0. The van der Waals surface area contributed by atoms with Crippen molar-refractivity contribution < 1.29 is 14.5 Å². The third-order valence-corrected chi connectivity index (χ3v) is 5.32. The highest BCUT2D eigenvalue weighted by molar-refractivity contribution is 6.05. The normalized spacial score (nSPS) is 10.7. The van der Waals surface area contributed by atoms with Crippen molar-refractivity contribution in [2.75, 3.05) is 10.6 Å². The summed E-state index contributed by atoms with van der Waals surface area (Å²) >= 11 is 0. The summed E-state index contributed by atoms with van der Waals surface area (Å²) in [7, 11) is 1.73. The molecule has 178 valence electrons. The number of carbonyl (C=O) groups excluding carboxylic acids is 2. The van der Waals surface area contributed by atoms with Crippen LogP contribution in [0.2, 0.25) is 0 Å². The molecular weight excluding hydrogens is 454 g/mol. The number of carbonyl (C=O) groups is 2. The maximum Gasteiger partial charge on any atom is 0.389 e. The Morgan fingerprint density at radius 1 is 1.06 bits per heavy atom. The Balaban J connectivity index is 1.49. The van der Waals surface area contributed by atoms with Crippen LogP contribution in [0.15, 0.2) is 71.7 Å². The minimum Gasteiger partial charge on any atom is -0.358 e. The fourth-order valence-electron chi connectivity index (χ4n) is 3.52. The Morgan fingerprint density at radius 3 is 2.49 bits per heavy atom. The summed E-state index contributed by atoms with van der Waals surface area (Å²) in [6.45, 7) is 1.49. The molecule has 0 aliphatic rings. The van der Waals surface area contributed by atoms with Gasteiger partial charge in [0.15, 0.2) is 0 Å². The summed E-state index contributed by atoms with van der Waals surface area (Å²) in [6.07, 6.45) is 1.33. The summed E-state index contributed by atoms with van der Waals surface area (Å²) in [6, 6.07) is 16.4. The number of nitro groups is 1. The lowest BCUT2D eigenvalue weighted by molar-refractivity contribution is -0.389. The third kappa shape index (κ3) is 4.85. The van der Waals surface area contributed by atoms with Crippen LogP contribution in [0.5, 0.6) is 0 Å². The smallest absolute Gasteiger partial charge is 0.358 e. The molecule has 2 heterocycles. The lowest BCUT2D eigenvalue weighted by atomic mass is 10.2. The molecule has 0 aliphatic carbocycles. The Hall–Kier alpha value is -5.00. The average molecular weight is 475 g/mol. The second kappa shape index (κ2) is 9.47. The van der Waals surface area contributed by atoms with Crippen molar-refractivity contribution in [1.82, 2.24) is 19.1 Å². The van der Waals surface area contributed by atoms with Crippen molar-refractivity contribution in [2.45, 2.75) is 13.5 Å². The van der Waals surface area contributed by atoms with Gasteiger partial charge in [0.2, 0.25) is 5.91 Å². The van der Waals surface area contributed by atoms with Gasteiger partial charge >= 0.3 is 5.82 Å². The van der Waals surface area contributed by atoms with Crippen molar-refractivity contribution in [3.63, 3.8) is 0 Å². The van der Waals surface area contributed by atoms with Crippen molar-refractivity contribution in [3.05, 3.63) is 98.6 Å². The van der Waals surface area contributed by atoms with E-state index in [9.17, 15) is 24.5 Å². The maximum atomic E-state index is 13.0. The molecule has 0 fully saturated rings. The first kappa shape index (κ1) is 23.2. The number of benzene rings is 2. The molecule has 0 saturated heterocycles. The number of nitrogens with zero attached hydrogens (tertiary/aromatic N) is 5. The van der Waals surface area contributed by atoms with Crippen LogP contribution in [-0.2, 0) is 18.4 Å². The molecule has 35 heavy (non-hydrogen) atoms. The number of para-hydroxylation sites is 1. The first-order chi connectivity index (χ1) is 16.7. The average Bonchev–Trinajstić information content (AvgIpc) is 3.38. The number of nitrogens with one attached hydrogen (secondary N) is 2. The lowest BCUT2D eigenvalue weighted by Gasteiger charge is -2.08. The minimum absolute atomic E-state index is 0.149. The molecule has 0 saturated carbocycles. The van der Waals surface area contributed by atoms with Gasteiger partial charge in [-0.15, -0.1) is 0 Å². The van der Waals surface area contributed by atoms with E-state index in [1.165, 1.54) is 23.0 Å². The van der Waals surface area contributed by atoms with Crippen LogP contribution < -0.4 is 16.2 Å². The monoisotopic (exact) mass is 475 g/mol. The van der Waals surface area contributed by atoms with E-state index in [0.717, 1.165) is 4.68 Å². The highest BCUT2D eigenvalue weighted by Crippen LogP contribution is 2.17. The molecule has 4 rings (SSSR count). The number of hydrogen-bond donors (Lipinski definition) is 2. The van der Waals surface area contributed by atoms with Gasteiger partial charge in [-0.05, 0) is 42.2 Å². The zero-order chi connectivity index (χ0) is 25.1. The SMILES string of the molecule is Cc1c(NC(=O)c2cccc(NC(=O)Cn3ccc([N+](=O)[O-])n3)c2)c(=O)n(-c2ccccc2)n1C. The van der Waals surface area contributed by atoms with Gasteiger partial charge in [-0.3, -0.25) is 19.1 Å². The minimum atomic E-state index is -0.653. The Bertz CT molecular complexity index is 1480. The number of rotatable bonds is 7. The van der Waals surface area contributed by atoms with Crippen molar-refractivity contribution in [2.24, 2.45) is 7.05 Å². The highest BCUT2D eigenvalue weighted by Gasteiger charge is 2.19. The van der Waals surface area contributed by atoms with Gasteiger partial charge in [-0.25, -0.2) is 4.68 Å². The van der Waals surface area contributed by atoms with Crippen molar-refractivity contribution >= 4 is 29.0 Å². The second-order valence-electron chi connectivity index (χ2n) is 7.65. The van der Waals surface area contributed by atoms with Crippen LogP contribution in [0.4, 0.5) is 17.2 Å². The molecular formula is C23H21N7O5. The first-order valence-corrected chi connectivity index (χ1v) is 10.5. The van der Waals surface area contributed by atoms with Gasteiger partial charge in [0.1, 0.15) is 12.2 Å². The Kier molecular flexibility index (Phi) is 6.27. The second-order valence-corrected chi connectivity index (χ2v) is 7.65. The molecule has 4 aromatic rings. The zero-order valence-corrected chi connectivity index (χ0v) is 18.8. The summed E-state index contributed by atoms with van der Waals surface area (Å²) in [5.41, 5.74) is 1.58. The van der Waals surface area contributed by atoms with Crippen LogP contribution in [0.25, 0.3) is 5.69 Å². The molecule has 12 nitrogen and oxygen atoms in total. The van der Waals surface area contributed by atoms with Gasteiger partial charge in [0, 0.05) is 18.3 Å². The van der Waals surface area contributed by atoms with E-state index in [4.69, 9.17) is 0 Å². The molecule has 0 aliphatic heterocycles. The van der Waals surface area contributed by atoms with E-state index in [1.54, 1.807) is 49.0 Å². The Labute approximate surface area is 198 Å². The van der Waals surface area contributed by atoms with Crippen molar-refractivity contribution in [3.8, 4) is 5.69 Å². The van der Waals surface area contributed by atoms with E-state index >= 15 is 0 Å². The first-order valence-electron chi connectivity index (χ1n) is 10.5. The highest BCUT2D eigenvalue weighted by atomic mass is 16.6. The molecule has 0 bridgehead atoms. The van der Waals surface area contributed by atoms with Crippen LogP contribution >= 0.6 is 0 Å². The molecule has 2 N–H and O–H groups in total. The van der Waals surface area contributed by atoms with E-state index in [1.807, 2.05) is 18.2 Å². The molecule has 2 aromatic carbocycles. The summed E-state index contributed by atoms with van der Waals surface area (Å²) in [5.74, 6) is -1.36.